The highest BCUT2D eigenvalue weighted by molar-refractivity contribution is 8.14. The largest absolute Gasteiger partial charge is 0.497 e. The highest BCUT2D eigenvalue weighted by atomic mass is 35.7. The van der Waals surface area contributed by atoms with Crippen LogP contribution in [0, 0.1) is 5.92 Å². The molecule has 11 heteroatoms. The van der Waals surface area contributed by atoms with Gasteiger partial charge >= 0.3 is 6.03 Å². The summed E-state index contributed by atoms with van der Waals surface area (Å²) < 4.78 is 29.7. The number of anilines is 2. The van der Waals surface area contributed by atoms with Gasteiger partial charge in [-0.2, -0.15) is 0 Å². The molecule has 0 bridgehead atoms. The van der Waals surface area contributed by atoms with E-state index in [0.29, 0.717) is 36.3 Å². The van der Waals surface area contributed by atoms with Gasteiger partial charge in [-0.15, -0.1) is 11.3 Å². The summed E-state index contributed by atoms with van der Waals surface area (Å²) in [6, 6.07) is 6.29. The monoisotopic (exact) mass is 483 g/mol. The number of ether oxygens (including phenoxy) is 1. The van der Waals surface area contributed by atoms with Crippen molar-refractivity contribution in [2.45, 2.75) is 43.0 Å². The third-order valence-electron chi connectivity index (χ3n) is 5.32. The minimum atomic E-state index is -4.06. The van der Waals surface area contributed by atoms with Crippen molar-refractivity contribution in [3.8, 4) is 5.75 Å². The molecule has 1 fully saturated rings. The fraction of sp³-hybridized carbons (Fsp3) is 0.400. The average molecular weight is 484 g/mol. The van der Waals surface area contributed by atoms with Gasteiger partial charge < -0.3 is 20.7 Å². The van der Waals surface area contributed by atoms with Gasteiger partial charge in [0, 0.05) is 33.2 Å². The first kappa shape index (κ1) is 21.9. The minimum Gasteiger partial charge on any atom is -0.497 e. The molecule has 1 saturated carbocycles. The number of halogens is 1. The topological polar surface area (TPSA) is 114 Å². The molecule has 1 aromatic carbocycles. The summed E-state index contributed by atoms with van der Waals surface area (Å²) >= 11 is 1.25. The Kier molecular flexibility index (Phi) is 6.14. The van der Waals surface area contributed by atoms with Crippen molar-refractivity contribution < 1.29 is 22.7 Å². The predicted molar refractivity (Wildman–Crippen MR) is 120 cm³/mol. The van der Waals surface area contributed by atoms with Crippen LogP contribution in [0.2, 0.25) is 0 Å². The van der Waals surface area contributed by atoms with Crippen LogP contribution in [0.4, 0.5) is 15.5 Å². The summed E-state index contributed by atoms with van der Waals surface area (Å²) in [6.45, 7) is 0. The van der Waals surface area contributed by atoms with Gasteiger partial charge in [-0.3, -0.25) is 4.79 Å². The summed E-state index contributed by atoms with van der Waals surface area (Å²) in [7, 11) is 3.23. The molecular formula is C20H22ClN3O5S2. The first-order valence-corrected chi connectivity index (χ1v) is 13.0. The van der Waals surface area contributed by atoms with Crippen molar-refractivity contribution >= 4 is 53.7 Å². The number of hydrogen-bond acceptors (Lipinski definition) is 6. The van der Waals surface area contributed by atoms with E-state index in [4.69, 9.17) is 15.4 Å². The molecule has 2 aromatic rings. The SMILES string of the molecule is COc1ccc(NC(=O)NC2CCc3sc(NC(=O)C4CC4)c(S(=O)(=O)Cl)c3C2)cc1. The van der Waals surface area contributed by atoms with Crippen LogP contribution < -0.4 is 20.7 Å². The number of methoxy groups -OCH3 is 1. The second-order valence-electron chi connectivity index (χ2n) is 7.63. The first-order valence-electron chi connectivity index (χ1n) is 9.86. The van der Waals surface area contributed by atoms with Crippen LogP contribution in [0.25, 0.3) is 0 Å². The number of thiophene rings is 1. The van der Waals surface area contributed by atoms with E-state index in [1.807, 2.05) is 0 Å². The third kappa shape index (κ3) is 5.13. The zero-order valence-corrected chi connectivity index (χ0v) is 19.1. The van der Waals surface area contributed by atoms with E-state index < -0.39 is 9.05 Å². The van der Waals surface area contributed by atoms with Crippen molar-refractivity contribution in [2.75, 3.05) is 17.7 Å². The molecule has 3 N–H and O–H groups in total. The average Bonchev–Trinajstić information content (AvgIpc) is 3.49. The normalized spacial score (nSPS) is 18.1. The number of benzene rings is 1. The van der Waals surface area contributed by atoms with E-state index in [1.165, 1.54) is 11.3 Å². The van der Waals surface area contributed by atoms with Crippen molar-refractivity contribution in [1.29, 1.82) is 0 Å². The molecule has 0 spiro atoms. The molecule has 0 aliphatic heterocycles. The van der Waals surface area contributed by atoms with Crippen LogP contribution in [0.3, 0.4) is 0 Å². The molecule has 1 atom stereocenters. The molecule has 1 aromatic heterocycles. The van der Waals surface area contributed by atoms with Crippen molar-refractivity contribution in [3.63, 3.8) is 0 Å². The lowest BCUT2D eigenvalue weighted by atomic mass is 9.94. The van der Waals surface area contributed by atoms with Gasteiger partial charge in [0.2, 0.25) is 5.91 Å². The lowest BCUT2D eigenvalue weighted by Gasteiger charge is -2.24. The zero-order valence-electron chi connectivity index (χ0n) is 16.7. The van der Waals surface area contributed by atoms with E-state index in [0.717, 1.165) is 17.7 Å². The third-order valence-corrected chi connectivity index (χ3v) is 8.06. The first-order chi connectivity index (χ1) is 14.7. The Balaban J connectivity index is 1.47. The summed E-state index contributed by atoms with van der Waals surface area (Å²) in [5, 5.41) is 8.67. The number of rotatable bonds is 6. The van der Waals surface area contributed by atoms with Gasteiger partial charge in [-0.1, -0.05) is 0 Å². The van der Waals surface area contributed by atoms with Gasteiger partial charge in [-0.25, -0.2) is 13.2 Å². The molecule has 1 unspecified atom stereocenters. The Bertz CT molecular complexity index is 1110. The lowest BCUT2D eigenvalue weighted by Crippen LogP contribution is -2.41. The number of fused-ring (bicyclic) bond motifs is 1. The maximum Gasteiger partial charge on any atom is 0.319 e. The Hall–Kier alpha value is -2.30. The van der Waals surface area contributed by atoms with Gasteiger partial charge in [0.05, 0.1) is 7.11 Å². The summed E-state index contributed by atoms with van der Waals surface area (Å²) in [5.41, 5.74) is 1.19. The number of hydrogen-bond donors (Lipinski definition) is 3. The van der Waals surface area contributed by atoms with Gasteiger partial charge in [-0.05, 0) is 61.9 Å². The van der Waals surface area contributed by atoms with E-state index in [2.05, 4.69) is 16.0 Å². The highest BCUT2D eigenvalue weighted by Crippen LogP contribution is 2.43. The van der Waals surface area contributed by atoms with Gasteiger partial charge in [0.1, 0.15) is 15.6 Å². The number of nitrogens with one attached hydrogen (secondary N) is 3. The van der Waals surface area contributed by atoms with Crippen LogP contribution in [0.15, 0.2) is 29.2 Å². The molecule has 2 aliphatic rings. The molecule has 8 nitrogen and oxygen atoms in total. The number of urea groups is 1. The summed E-state index contributed by atoms with van der Waals surface area (Å²) in [4.78, 5) is 25.4. The maximum atomic E-state index is 12.4. The molecule has 166 valence electrons. The molecule has 3 amide bonds. The molecule has 4 rings (SSSR count). The van der Waals surface area contributed by atoms with Crippen molar-refractivity contribution in [3.05, 3.63) is 34.7 Å². The number of amides is 3. The molecule has 1 heterocycles. The van der Waals surface area contributed by atoms with E-state index in [1.54, 1.807) is 31.4 Å². The number of aryl methyl sites for hydroxylation is 1. The predicted octanol–water partition coefficient (Wildman–Crippen LogP) is 3.71. The maximum absolute atomic E-state index is 12.4. The van der Waals surface area contributed by atoms with Gasteiger partial charge in [0.25, 0.3) is 9.05 Å². The van der Waals surface area contributed by atoms with Crippen LogP contribution in [-0.4, -0.2) is 33.5 Å². The number of carbonyl (C=O) groups excluding carboxylic acids is 2. The Morgan fingerprint density at radius 2 is 1.84 bits per heavy atom. The Morgan fingerprint density at radius 1 is 1.13 bits per heavy atom. The van der Waals surface area contributed by atoms with Crippen LogP contribution in [0.1, 0.15) is 29.7 Å². The minimum absolute atomic E-state index is 0.0368. The quantitative estimate of drug-likeness (QED) is 0.542. The molecule has 31 heavy (non-hydrogen) atoms. The molecule has 2 aliphatic carbocycles. The van der Waals surface area contributed by atoms with Crippen LogP contribution in [-0.2, 0) is 26.7 Å². The Labute approximate surface area is 188 Å². The van der Waals surface area contributed by atoms with E-state index in [9.17, 15) is 18.0 Å². The summed E-state index contributed by atoms with van der Waals surface area (Å²) in [6.07, 6.45) is 3.19. The lowest BCUT2D eigenvalue weighted by molar-refractivity contribution is -0.117. The molecule has 0 saturated heterocycles. The van der Waals surface area contributed by atoms with Crippen LogP contribution >= 0.6 is 22.0 Å². The van der Waals surface area contributed by atoms with Gasteiger partial charge in [0.15, 0.2) is 0 Å². The molecule has 0 radical (unpaired) electrons. The van der Waals surface area contributed by atoms with Crippen LogP contribution in [0.5, 0.6) is 5.75 Å². The molecular weight excluding hydrogens is 462 g/mol. The second-order valence-corrected chi connectivity index (χ2v) is 11.2. The van der Waals surface area contributed by atoms with Crippen molar-refractivity contribution in [1.82, 2.24) is 5.32 Å². The van der Waals surface area contributed by atoms with Crippen molar-refractivity contribution in [2.24, 2.45) is 5.92 Å². The highest BCUT2D eigenvalue weighted by Gasteiger charge is 2.35. The standard InChI is InChI=1S/C20H22ClN3O5S2/c1-29-14-7-4-12(5-8-14)22-20(26)23-13-6-9-16-15(10-13)17(31(21,27)28)19(30-16)24-18(25)11-2-3-11/h4-5,7-8,11,13H,2-3,6,9-10H2,1H3,(H,24,25)(H2,22,23,26). The zero-order chi connectivity index (χ0) is 22.2. The second kappa shape index (κ2) is 8.68. The Morgan fingerprint density at radius 3 is 2.45 bits per heavy atom. The fourth-order valence-corrected chi connectivity index (χ4v) is 6.69. The van der Waals surface area contributed by atoms with E-state index >= 15 is 0 Å². The summed E-state index contributed by atoms with van der Waals surface area (Å²) in [5.74, 6) is 0.456. The number of carbonyl (C=O) groups is 2. The smallest absolute Gasteiger partial charge is 0.319 e. The van der Waals surface area contributed by atoms with E-state index in [-0.39, 0.29) is 33.8 Å². The fourth-order valence-electron chi connectivity index (χ4n) is 3.61.